The van der Waals surface area contributed by atoms with Crippen molar-refractivity contribution in [3.05, 3.63) is 54.4 Å². The van der Waals surface area contributed by atoms with Crippen LogP contribution in [-0.4, -0.2) is 24.1 Å². The molecular formula is C19H26N2O2. The molecule has 1 aromatic carbocycles. The Morgan fingerprint density at radius 3 is 2.39 bits per heavy atom. The third kappa shape index (κ3) is 5.16. The number of benzene rings is 1. The van der Waals surface area contributed by atoms with E-state index in [9.17, 15) is 4.79 Å². The highest BCUT2D eigenvalue weighted by Crippen LogP contribution is 2.18. The molecule has 0 bridgehead atoms. The number of rotatable bonds is 8. The molecule has 124 valence electrons. The number of nitrogens with one attached hydrogen (secondary N) is 1. The minimum Gasteiger partial charge on any atom is -0.497 e. The standard InChI is InChI=1S/C19H26N2O2/c1-15(2)14-18(21-12-4-5-13-21)19(22)20-11-10-16-6-8-17(23-3)9-7-16/h4-9,12-13,15,18H,10-11,14H2,1-3H3,(H,20,22)/t18-/m0/s1. The quantitative estimate of drug-likeness (QED) is 0.811. The normalized spacial score (nSPS) is 12.2. The van der Waals surface area contributed by atoms with Crippen molar-refractivity contribution >= 4 is 5.91 Å². The highest BCUT2D eigenvalue weighted by molar-refractivity contribution is 5.80. The Kier molecular flexibility index (Phi) is 6.27. The van der Waals surface area contributed by atoms with E-state index in [0.717, 1.165) is 18.6 Å². The molecule has 0 saturated carbocycles. The molecule has 23 heavy (non-hydrogen) atoms. The zero-order valence-electron chi connectivity index (χ0n) is 14.2. The van der Waals surface area contributed by atoms with Crippen LogP contribution < -0.4 is 10.1 Å². The van der Waals surface area contributed by atoms with Crippen LogP contribution in [0.3, 0.4) is 0 Å². The first kappa shape index (κ1) is 17.1. The number of methoxy groups -OCH3 is 1. The molecule has 1 amide bonds. The van der Waals surface area contributed by atoms with Crippen molar-refractivity contribution in [3.63, 3.8) is 0 Å². The Morgan fingerprint density at radius 1 is 1.17 bits per heavy atom. The summed E-state index contributed by atoms with van der Waals surface area (Å²) in [4.78, 5) is 12.5. The minimum atomic E-state index is -0.138. The van der Waals surface area contributed by atoms with Crippen molar-refractivity contribution < 1.29 is 9.53 Å². The number of nitrogens with zero attached hydrogens (tertiary/aromatic N) is 1. The summed E-state index contributed by atoms with van der Waals surface area (Å²) in [6, 6.07) is 11.7. The number of carbonyl (C=O) groups excluding carboxylic acids is 1. The second-order valence-electron chi connectivity index (χ2n) is 6.16. The predicted octanol–water partition coefficient (Wildman–Crippen LogP) is 3.44. The molecule has 0 unspecified atom stereocenters. The van der Waals surface area contributed by atoms with E-state index in [2.05, 4.69) is 19.2 Å². The first-order valence-electron chi connectivity index (χ1n) is 8.13. The Labute approximate surface area is 138 Å². The first-order chi connectivity index (χ1) is 11.1. The molecule has 0 aliphatic rings. The summed E-state index contributed by atoms with van der Waals surface area (Å²) in [5.41, 5.74) is 1.19. The largest absolute Gasteiger partial charge is 0.497 e. The van der Waals surface area contributed by atoms with E-state index < -0.39 is 0 Å². The van der Waals surface area contributed by atoms with Crippen molar-refractivity contribution in [2.75, 3.05) is 13.7 Å². The lowest BCUT2D eigenvalue weighted by molar-refractivity contribution is -0.124. The van der Waals surface area contributed by atoms with Gasteiger partial charge in [0.25, 0.3) is 0 Å². The number of carbonyl (C=O) groups is 1. The summed E-state index contributed by atoms with van der Waals surface area (Å²) >= 11 is 0. The molecule has 2 aromatic rings. The van der Waals surface area contributed by atoms with E-state index in [1.54, 1.807) is 7.11 Å². The van der Waals surface area contributed by atoms with Crippen molar-refractivity contribution in [2.45, 2.75) is 32.7 Å². The van der Waals surface area contributed by atoms with Gasteiger partial charge in [0, 0.05) is 18.9 Å². The van der Waals surface area contributed by atoms with E-state index in [1.807, 2.05) is 53.4 Å². The third-order valence-corrected chi connectivity index (χ3v) is 3.86. The summed E-state index contributed by atoms with van der Waals surface area (Å²) in [5.74, 6) is 1.40. The number of ether oxygens (including phenoxy) is 1. The van der Waals surface area contributed by atoms with Gasteiger partial charge in [-0.05, 0) is 48.6 Å². The Balaban J connectivity index is 1.88. The van der Waals surface area contributed by atoms with Crippen LogP contribution in [0.1, 0.15) is 31.9 Å². The van der Waals surface area contributed by atoms with Gasteiger partial charge in [-0.15, -0.1) is 0 Å². The van der Waals surface area contributed by atoms with Crippen LogP contribution in [0.5, 0.6) is 5.75 Å². The summed E-state index contributed by atoms with van der Waals surface area (Å²) < 4.78 is 7.14. The molecule has 1 N–H and O–H groups in total. The van der Waals surface area contributed by atoms with Gasteiger partial charge in [0.1, 0.15) is 11.8 Å². The topological polar surface area (TPSA) is 43.3 Å². The van der Waals surface area contributed by atoms with E-state index in [1.165, 1.54) is 5.56 Å². The second-order valence-corrected chi connectivity index (χ2v) is 6.16. The van der Waals surface area contributed by atoms with Gasteiger partial charge in [0.2, 0.25) is 5.91 Å². The van der Waals surface area contributed by atoms with Crippen LogP contribution in [0, 0.1) is 5.92 Å². The highest BCUT2D eigenvalue weighted by Gasteiger charge is 2.20. The summed E-state index contributed by atoms with van der Waals surface area (Å²) in [5, 5.41) is 3.06. The van der Waals surface area contributed by atoms with Gasteiger partial charge in [-0.1, -0.05) is 26.0 Å². The molecule has 1 heterocycles. The molecule has 1 atom stereocenters. The predicted molar refractivity (Wildman–Crippen MR) is 92.6 cm³/mol. The lowest BCUT2D eigenvalue weighted by Gasteiger charge is -2.20. The molecule has 0 radical (unpaired) electrons. The summed E-state index contributed by atoms with van der Waals surface area (Å²) in [7, 11) is 1.66. The third-order valence-electron chi connectivity index (χ3n) is 3.86. The highest BCUT2D eigenvalue weighted by atomic mass is 16.5. The Bertz CT molecular complexity index is 588. The zero-order chi connectivity index (χ0) is 16.7. The van der Waals surface area contributed by atoms with Crippen LogP contribution in [0.4, 0.5) is 0 Å². The lowest BCUT2D eigenvalue weighted by Crippen LogP contribution is -2.34. The van der Waals surface area contributed by atoms with Crippen LogP contribution >= 0.6 is 0 Å². The van der Waals surface area contributed by atoms with Gasteiger partial charge in [-0.3, -0.25) is 4.79 Å². The van der Waals surface area contributed by atoms with Gasteiger partial charge in [-0.2, -0.15) is 0 Å². The molecular weight excluding hydrogens is 288 g/mol. The molecule has 2 rings (SSSR count). The molecule has 0 spiro atoms. The SMILES string of the molecule is COc1ccc(CCNC(=O)[C@H](CC(C)C)n2cccc2)cc1. The molecule has 0 saturated heterocycles. The fourth-order valence-electron chi connectivity index (χ4n) is 2.61. The zero-order valence-corrected chi connectivity index (χ0v) is 14.2. The van der Waals surface area contributed by atoms with Crippen molar-refractivity contribution in [3.8, 4) is 5.75 Å². The Morgan fingerprint density at radius 2 is 1.83 bits per heavy atom. The number of aromatic nitrogens is 1. The van der Waals surface area contributed by atoms with Crippen LogP contribution in [-0.2, 0) is 11.2 Å². The van der Waals surface area contributed by atoms with E-state index in [-0.39, 0.29) is 11.9 Å². The van der Waals surface area contributed by atoms with E-state index in [0.29, 0.717) is 12.5 Å². The monoisotopic (exact) mass is 314 g/mol. The summed E-state index contributed by atoms with van der Waals surface area (Å²) in [6.07, 6.45) is 5.56. The number of hydrogen-bond donors (Lipinski definition) is 1. The van der Waals surface area contributed by atoms with Crippen LogP contribution in [0.15, 0.2) is 48.8 Å². The molecule has 0 aliphatic heterocycles. The maximum Gasteiger partial charge on any atom is 0.243 e. The van der Waals surface area contributed by atoms with Gasteiger partial charge in [0.15, 0.2) is 0 Å². The van der Waals surface area contributed by atoms with Crippen LogP contribution in [0.25, 0.3) is 0 Å². The first-order valence-corrected chi connectivity index (χ1v) is 8.13. The molecule has 0 aliphatic carbocycles. The lowest BCUT2D eigenvalue weighted by atomic mass is 10.0. The van der Waals surface area contributed by atoms with E-state index in [4.69, 9.17) is 4.74 Å². The fraction of sp³-hybridized carbons (Fsp3) is 0.421. The molecule has 1 aromatic heterocycles. The molecule has 4 heteroatoms. The average Bonchev–Trinajstić information content (AvgIpc) is 3.07. The minimum absolute atomic E-state index is 0.0865. The maximum absolute atomic E-state index is 12.5. The smallest absolute Gasteiger partial charge is 0.243 e. The van der Waals surface area contributed by atoms with Crippen molar-refractivity contribution in [2.24, 2.45) is 5.92 Å². The molecule has 4 nitrogen and oxygen atoms in total. The van der Waals surface area contributed by atoms with Crippen LogP contribution in [0.2, 0.25) is 0 Å². The second kappa shape index (κ2) is 8.42. The van der Waals surface area contributed by atoms with Gasteiger partial charge < -0.3 is 14.6 Å². The van der Waals surface area contributed by atoms with Gasteiger partial charge in [0.05, 0.1) is 7.11 Å². The van der Waals surface area contributed by atoms with Crippen molar-refractivity contribution in [1.29, 1.82) is 0 Å². The van der Waals surface area contributed by atoms with Gasteiger partial charge >= 0.3 is 0 Å². The summed E-state index contributed by atoms with van der Waals surface area (Å²) in [6.45, 7) is 4.92. The molecule has 0 fully saturated rings. The number of amides is 1. The Hall–Kier alpha value is -2.23. The van der Waals surface area contributed by atoms with E-state index >= 15 is 0 Å². The van der Waals surface area contributed by atoms with Crippen molar-refractivity contribution in [1.82, 2.24) is 9.88 Å². The maximum atomic E-state index is 12.5. The fourth-order valence-corrected chi connectivity index (χ4v) is 2.61. The average molecular weight is 314 g/mol. The van der Waals surface area contributed by atoms with Gasteiger partial charge in [-0.25, -0.2) is 0 Å². The number of hydrogen-bond acceptors (Lipinski definition) is 2.